The molecule has 0 heterocycles. The molecular formula is C11H12F5NO. The zero-order valence-corrected chi connectivity index (χ0v) is 9.31. The Bertz CT molecular complexity index is 374. The summed E-state index contributed by atoms with van der Waals surface area (Å²) in [5.74, 6) is -0.533. The van der Waals surface area contributed by atoms with E-state index in [1.807, 2.05) is 0 Å². The highest BCUT2D eigenvalue weighted by Crippen LogP contribution is 2.37. The van der Waals surface area contributed by atoms with Crippen LogP contribution in [0.3, 0.4) is 0 Å². The van der Waals surface area contributed by atoms with Crippen LogP contribution in [-0.4, -0.2) is 18.8 Å². The van der Waals surface area contributed by atoms with Crippen molar-refractivity contribution in [2.24, 2.45) is 5.73 Å². The van der Waals surface area contributed by atoms with Crippen molar-refractivity contribution in [2.75, 3.05) is 6.54 Å². The molecule has 1 rings (SSSR count). The van der Waals surface area contributed by atoms with Gasteiger partial charge in [-0.1, -0.05) is 12.1 Å². The molecule has 0 radical (unpaired) electrons. The maximum Gasteiger partial charge on any atom is 0.499 e. The van der Waals surface area contributed by atoms with Gasteiger partial charge in [0.15, 0.2) is 0 Å². The molecule has 2 nitrogen and oxygen atoms in total. The average molecular weight is 269 g/mol. The fraction of sp³-hybridized carbons (Fsp3) is 0.455. The second-order valence-corrected chi connectivity index (χ2v) is 3.65. The van der Waals surface area contributed by atoms with Crippen molar-refractivity contribution in [3.63, 3.8) is 0 Å². The Morgan fingerprint density at radius 3 is 2.00 bits per heavy atom. The Kier molecular flexibility index (Phi) is 4.50. The molecule has 0 aliphatic heterocycles. The lowest BCUT2D eigenvalue weighted by atomic mass is 10.1. The topological polar surface area (TPSA) is 35.2 Å². The number of hydrogen-bond donors (Lipinski definition) is 1. The van der Waals surface area contributed by atoms with Crippen LogP contribution in [0.5, 0.6) is 5.75 Å². The Hall–Kier alpha value is -1.37. The van der Waals surface area contributed by atoms with Gasteiger partial charge in [-0.3, -0.25) is 0 Å². The molecule has 0 saturated heterocycles. The first-order valence-electron chi connectivity index (χ1n) is 5.19. The van der Waals surface area contributed by atoms with Gasteiger partial charge < -0.3 is 10.5 Å². The quantitative estimate of drug-likeness (QED) is 0.833. The van der Waals surface area contributed by atoms with E-state index < -0.39 is 18.0 Å². The number of halogens is 5. The molecule has 1 aromatic carbocycles. The molecule has 0 fully saturated rings. The number of ether oxygens (including phenoxy) is 1. The molecule has 0 aliphatic rings. The number of hydrogen-bond acceptors (Lipinski definition) is 2. The third-order valence-corrected chi connectivity index (χ3v) is 2.17. The molecule has 0 amide bonds. The zero-order valence-electron chi connectivity index (χ0n) is 9.31. The van der Waals surface area contributed by atoms with Crippen LogP contribution in [-0.2, 0) is 6.42 Å². The highest BCUT2D eigenvalue weighted by Gasteiger charge is 2.61. The van der Waals surface area contributed by atoms with Crippen molar-refractivity contribution >= 4 is 0 Å². The van der Waals surface area contributed by atoms with Gasteiger partial charge in [0.25, 0.3) is 0 Å². The summed E-state index contributed by atoms with van der Waals surface area (Å²) in [5, 5.41) is 0. The van der Waals surface area contributed by atoms with Crippen LogP contribution in [0.2, 0.25) is 0 Å². The van der Waals surface area contributed by atoms with Crippen LogP contribution < -0.4 is 10.5 Å². The Balaban J connectivity index is 2.69. The fourth-order valence-electron chi connectivity index (χ4n) is 1.24. The SMILES string of the molecule is NCCCc1ccc(OC(F)(F)C(F)(F)F)cc1. The van der Waals surface area contributed by atoms with Gasteiger partial charge in [0.1, 0.15) is 5.75 Å². The first kappa shape index (κ1) is 14.7. The Labute approximate surface area is 101 Å². The van der Waals surface area contributed by atoms with Crippen molar-refractivity contribution in [3.8, 4) is 5.75 Å². The van der Waals surface area contributed by atoms with E-state index >= 15 is 0 Å². The van der Waals surface area contributed by atoms with Crippen LogP contribution in [0.15, 0.2) is 24.3 Å². The van der Waals surface area contributed by atoms with E-state index in [9.17, 15) is 22.0 Å². The van der Waals surface area contributed by atoms with Gasteiger partial charge in [0, 0.05) is 0 Å². The molecule has 0 bridgehead atoms. The first-order valence-corrected chi connectivity index (χ1v) is 5.19. The largest absolute Gasteiger partial charge is 0.499 e. The van der Waals surface area contributed by atoms with Crippen molar-refractivity contribution in [3.05, 3.63) is 29.8 Å². The molecule has 18 heavy (non-hydrogen) atoms. The van der Waals surface area contributed by atoms with Crippen LogP contribution >= 0.6 is 0 Å². The van der Waals surface area contributed by atoms with Gasteiger partial charge in [0.2, 0.25) is 0 Å². The van der Waals surface area contributed by atoms with E-state index in [1.165, 1.54) is 12.1 Å². The van der Waals surface area contributed by atoms with Gasteiger partial charge >= 0.3 is 12.3 Å². The summed E-state index contributed by atoms with van der Waals surface area (Å²) >= 11 is 0. The van der Waals surface area contributed by atoms with Gasteiger partial charge in [0.05, 0.1) is 0 Å². The lowest BCUT2D eigenvalue weighted by molar-refractivity contribution is -0.360. The fourth-order valence-corrected chi connectivity index (χ4v) is 1.24. The summed E-state index contributed by atoms with van der Waals surface area (Å²) in [7, 11) is 0. The van der Waals surface area contributed by atoms with Crippen LogP contribution in [0, 0.1) is 0 Å². The van der Waals surface area contributed by atoms with E-state index in [4.69, 9.17) is 5.73 Å². The third-order valence-electron chi connectivity index (χ3n) is 2.17. The molecular weight excluding hydrogens is 257 g/mol. The van der Waals surface area contributed by atoms with Gasteiger partial charge in [-0.15, -0.1) is 0 Å². The maximum absolute atomic E-state index is 12.6. The lowest BCUT2D eigenvalue weighted by Gasteiger charge is -2.20. The molecule has 0 atom stereocenters. The van der Waals surface area contributed by atoms with Gasteiger partial charge in [-0.05, 0) is 37.1 Å². The summed E-state index contributed by atoms with van der Waals surface area (Å²) in [6, 6.07) is 5.01. The van der Waals surface area contributed by atoms with Crippen molar-refractivity contribution in [2.45, 2.75) is 25.1 Å². The molecule has 0 aliphatic carbocycles. The normalized spacial score (nSPS) is 12.6. The molecule has 0 spiro atoms. The van der Waals surface area contributed by atoms with Crippen LogP contribution in [0.4, 0.5) is 22.0 Å². The molecule has 102 valence electrons. The minimum absolute atomic E-state index is 0.477. The van der Waals surface area contributed by atoms with Gasteiger partial charge in [-0.25, -0.2) is 0 Å². The summed E-state index contributed by atoms with van der Waals surface area (Å²) in [6.45, 7) is 0.477. The smallest absolute Gasteiger partial charge is 0.426 e. The molecule has 0 saturated carbocycles. The second-order valence-electron chi connectivity index (χ2n) is 3.65. The van der Waals surface area contributed by atoms with Crippen molar-refractivity contribution in [1.82, 2.24) is 0 Å². The number of alkyl halides is 5. The van der Waals surface area contributed by atoms with Crippen LogP contribution in [0.1, 0.15) is 12.0 Å². The minimum Gasteiger partial charge on any atom is -0.426 e. The number of aryl methyl sites for hydroxylation is 1. The zero-order chi connectivity index (χ0) is 13.8. The molecule has 7 heteroatoms. The highest BCUT2D eigenvalue weighted by molar-refractivity contribution is 5.27. The van der Waals surface area contributed by atoms with E-state index in [1.54, 1.807) is 0 Å². The summed E-state index contributed by atoms with van der Waals surface area (Å²) < 4.78 is 64.4. The molecule has 2 N–H and O–H groups in total. The van der Waals surface area contributed by atoms with E-state index in [0.29, 0.717) is 19.4 Å². The maximum atomic E-state index is 12.6. The predicted molar refractivity (Wildman–Crippen MR) is 55.4 cm³/mol. The number of rotatable bonds is 5. The predicted octanol–water partition coefficient (Wildman–Crippen LogP) is 3.11. The first-order chi connectivity index (χ1) is 8.26. The number of benzene rings is 1. The summed E-state index contributed by atoms with van der Waals surface area (Å²) in [6.07, 6.45) is -9.58. The molecule has 1 aromatic rings. The van der Waals surface area contributed by atoms with E-state index in [0.717, 1.165) is 17.7 Å². The molecule has 0 unspecified atom stereocenters. The molecule has 0 aromatic heterocycles. The van der Waals surface area contributed by atoms with Gasteiger partial charge in [-0.2, -0.15) is 22.0 Å². The summed E-state index contributed by atoms with van der Waals surface area (Å²) in [4.78, 5) is 0. The lowest BCUT2D eigenvalue weighted by Crippen LogP contribution is -2.41. The third kappa shape index (κ3) is 3.83. The number of nitrogens with two attached hydrogens (primary N) is 1. The second kappa shape index (κ2) is 5.51. The van der Waals surface area contributed by atoms with Crippen LogP contribution in [0.25, 0.3) is 0 Å². The Morgan fingerprint density at radius 2 is 1.56 bits per heavy atom. The standard InChI is InChI=1S/C11H12F5NO/c12-10(13,14)11(15,16)18-9-5-3-8(4-6-9)2-1-7-17/h3-6H,1-2,7,17H2. The monoisotopic (exact) mass is 269 g/mol. The minimum atomic E-state index is -5.73. The van der Waals surface area contributed by atoms with E-state index in [-0.39, 0.29) is 0 Å². The van der Waals surface area contributed by atoms with Crippen molar-refractivity contribution in [1.29, 1.82) is 0 Å². The Morgan fingerprint density at radius 1 is 1.00 bits per heavy atom. The average Bonchev–Trinajstić information content (AvgIpc) is 2.26. The highest BCUT2D eigenvalue weighted by atomic mass is 19.4. The van der Waals surface area contributed by atoms with Crippen molar-refractivity contribution < 1.29 is 26.7 Å². The van der Waals surface area contributed by atoms with E-state index in [2.05, 4.69) is 4.74 Å². The summed E-state index contributed by atoms with van der Waals surface area (Å²) in [5.41, 5.74) is 6.08.